The van der Waals surface area contributed by atoms with Crippen LogP contribution in [0.1, 0.15) is 0 Å². The lowest BCUT2D eigenvalue weighted by Gasteiger charge is -2.33. The molecule has 68 valence electrons. The molecule has 0 saturated heterocycles. The Kier molecular flexibility index (Phi) is 4.45. The third kappa shape index (κ3) is 5.04. The van der Waals surface area contributed by atoms with Gasteiger partial charge in [0.25, 0.3) is 0 Å². The van der Waals surface area contributed by atoms with Gasteiger partial charge in [0.1, 0.15) is 0 Å². The van der Waals surface area contributed by atoms with Crippen molar-refractivity contribution in [1.82, 2.24) is 10.8 Å². The van der Waals surface area contributed by atoms with Crippen LogP contribution in [0.2, 0.25) is 0 Å². The number of hydroxylamine groups is 4. The van der Waals surface area contributed by atoms with Gasteiger partial charge in [0.2, 0.25) is 6.73 Å². The summed E-state index contributed by atoms with van der Waals surface area (Å²) in [4.78, 5) is 9.24. The van der Waals surface area contributed by atoms with Gasteiger partial charge in [-0.25, -0.2) is 9.59 Å². The maximum Gasteiger partial charge on any atom is 0.223 e. The van der Waals surface area contributed by atoms with E-state index < -0.39 is 4.76 Å². The van der Waals surface area contributed by atoms with E-state index in [4.69, 9.17) is 10.0 Å². The molecule has 0 amide bonds. The smallest absolute Gasteiger partial charge is 0.223 e. The molecule has 7 nitrogen and oxygen atoms in total. The minimum absolute atomic E-state index is 0.291. The fourth-order valence-corrected chi connectivity index (χ4v) is 0.273. The quantitative estimate of drug-likeness (QED) is 0.317. The average molecular weight is 167 g/mol. The highest BCUT2D eigenvalue weighted by Gasteiger charge is 2.09. The SMILES string of the molecule is CON(C)OC[N+](C)([O-])NO. The first kappa shape index (κ1) is 10.7. The highest BCUT2D eigenvalue weighted by molar-refractivity contribution is 4.11. The van der Waals surface area contributed by atoms with Crippen molar-refractivity contribution in [1.29, 1.82) is 0 Å². The largest absolute Gasteiger partial charge is 0.608 e. The summed E-state index contributed by atoms with van der Waals surface area (Å²) >= 11 is 0. The molecule has 2 N–H and O–H groups in total. The summed E-state index contributed by atoms with van der Waals surface area (Å²) in [6.07, 6.45) is 0. The fourth-order valence-electron chi connectivity index (χ4n) is 0.273. The summed E-state index contributed by atoms with van der Waals surface area (Å²) in [5.41, 5.74) is 1.50. The average Bonchev–Trinajstić information content (AvgIpc) is 2.00. The first-order chi connectivity index (χ1) is 5.02. The third-order valence-electron chi connectivity index (χ3n) is 0.955. The van der Waals surface area contributed by atoms with Crippen molar-refractivity contribution in [2.75, 3.05) is 27.9 Å². The Morgan fingerprint density at radius 1 is 1.73 bits per heavy atom. The third-order valence-corrected chi connectivity index (χ3v) is 0.955. The molecular formula is C4H13N3O4. The van der Waals surface area contributed by atoms with Crippen LogP contribution in [0, 0.1) is 5.21 Å². The standard InChI is InChI=1S/C4H13N3O4/c1-6(10-3)11-4-7(2,9)5-8/h5,8H,4H2,1-3H3. The summed E-state index contributed by atoms with van der Waals surface area (Å²) in [5.74, 6) is 0. The van der Waals surface area contributed by atoms with Crippen molar-refractivity contribution in [2.24, 2.45) is 0 Å². The van der Waals surface area contributed by atoms with Gasteiger partial charge >= 0.3 is 0 Å². The van der Waals surface area contributed by atoms with Crippen molar-refractivity contribution >= 4 is 0 Å². The molecule has 7 heteroatoms. The molecule has 0 rings (SSSR count). The predicted octanol–water partition coefficient (Wildman–Crippen LogP) is -0.793. The Balaban J connectivity index is 3.52. The van der Waals surface area contributed by atoms with Gasteiger partial charge in [-0.05, 0) is 5.59 Å². The Morgan fingerprint density at radius 2 is 2.27 bits per heavy atom. The van der Waals surface area contributed by atoms with Gasteiger partial charge in [0, 0.05) is 7.05 Å². The molecule has 0 aromatic carbocycles. The molecule has 11 heavy (non-hydrogen) atoms. The number of nitrogens with zero attached hydrogens (tertiary/aromatic N) is 2. The molecule has 0 aliphatic heterocycles. The second-order valence-corrected chi connectivity index (χ2v) is 2.08. The van der Waals surface area contributed by atoms with Crippen LogP contribution in [0.5, 0.6) is 0 Å². The van der Waals surface area contributed by atoms with E-state index >= 15 is 0 Å². The van der Waals surface area contributed by atoms with Crippen LogP contribution >= 0.6 is 0 Å². The first-order valence-electron chi connectivity index (χ1n) is 2.90. The maximum absolute atomic E-state index is 10.9. The second kappa shape index (κ2) is 4.57. The molecule has 1 unspecified atom stereocenters. The van der Waals surface area contributed by atoms with Crippen LogP contribution < -0.4 is 5.59 Å². The highest BCUT2D eigenvalue weighted by atomic mass is 17.0. The molecule has 0 aromatic rings. The molecule has 0 bridgehead atoms. The van der Waals surface area contributed by atoms with Gasteiger partial charge in [-0.3, -0.25) is 10.0 Å². The summed E-state index contributed by atoms with van der Waals surface area (Å²) in [5, 5.41) is 20.1. The Bertz CT molecular complexity index is 110. The van der Waals surface area contributed by atoms with E-state index in [1.165, 1.54) is 26.8 Å². The lowest BCUT2D eigenvalue weighted by Crippen LogP contribution is -2.50. The summed E-state index contributed by atoms with van der Waals surface area (Å²) in [6.45, 7) is -0.291. The monoisotopic (exact) mass is 167 g/mol. The number of quaternary nitrogens is 1. The molecule has 0 saturated carbocycles. The molecule has 1 atom stereocenters. The molecule has 0 heterocycles. The Morgan fingerprint density at radius 3 is 2.64 bits per heavy atom. The molecule has 0 radical (unpaired) electrons. The van der Waals surface area contributed by atoms with Gasteiger partial charge in [0.05, 0.1) is 14.2 Å². The fraction of sp³-hybridized carbons (Fsp3) is 1.00. The zero-order chi connectivity index (χ0) is 8.91. The predicted molar refractivity (Wildman–Crippen MR) is 35.2 cm³/mol. The number of rotatable bonds is 5. The normalized spacial score (nSPS) is 16.9. The van der Waals surface area contributed by atoms with Crippen molar-refractivity contribution < 1.29 is 19.6 Å². The summed E-state index contributed by atoms with van der Waals surface area (Å²) in [7, 11) is 4.06. The van der Waals surface area contributed by atoms with Crippen LogP contribution in [-0.2, 0) is 9.68 Å². The Labute approximate surface area is 64.7 Å². The second-order valence-electron chi connectivity index (χ2n) is 2.08. The Hall–Kier alpha value is -0.280. The topological polar surface area (TPSA) is 77.0 Å². The number of hydrogen-bond acceptors (Lipinski definition) is 6. The summed E-state index contributed by atoms with van der Waals surface area (Å²) < 4.78 is -1.12. The van der Waals surface area contributed by atoms with E-state index in [0.717, 1.165) is 5.23 Å². The molecular weight excluding hydrogens is 154 g/mol. The molecule has 0 spiro atoms. The lowest BCUT2D eigenvalue weighted by molar-refractivity contribution is -0.956. The van der Waals surface area contributed by atoms with Gasteiger partial charge in [0.15, 0.2) is 0 Å². The van der Waals surface area contributed by atoms with Crippen molar-refractivity contribution in [3.63, 3.8) is 0 Å². The lowest BCUT2D eigenvalue weighted by atomic mass is 11.0. The van der Waals surface area contributed by atoms with Gasteiger partial charge < -0.3 is 5.21 Å². The zero-order valence-corrected chi connectivity index (χ0v) is 6.77. The van der Waals surface area contributed by atoms with Crippen LogP contribution in [0.25, 0.3) is 0 Å². The molecule has 0 aromatic heterocycles. The van der Waals surface area contributed by atoms with E-state index in [0.29, 0.717) is 0 Å². The van der Waals surface area contributed by atoms with E-state index in [2.05, 4.69) is 4.84 Å². The number of hydrogen-bond donors (Lipinski definition) is 2. The molecule has 0 fully saturated rings. The van der Waals surface area contributed by atoms with Crippen LogP contribution in [0.3, 0.4) is 0 Å². The van der Waals surface area contributed by atoms with E-state index in [1.54, 1.807) is 0 Å². The minimum Gasteiger partial charge on any atom is -0.608 e. The molecule has 0 aliphatic carbocycles. The molecule has 0 aliphatic rings. The minimum atomic E-state index is -1.12. The van der Waals surface area contributed by atoms with E-state index in [-0.39, 0.29) is 6.73 Å². The van der Waals surface area contributed by atoms with Crippen molar-refractivity contribution in [3.8, 4) is 0 Å². The van der Waals surface area contributed by atoms with Crippen LogP contribution in [0.4, 0.5) is 0 Å². The van der Waals surface area contributed by atoms with Gasteiger partial charge in [-0.1, -0.05) is 5.23 Å². The van der Waals surface area contributed by atoms with E-state index in [9.17, 15) is 5.21 Å². The summed E-state index contributed by atoms with van der Waals surface area (Å²) in [6, 6.07) is 0. The van der Waals surface area contributed by atoms with Crippen LogP contribution in [0.15, 0.2) is 0 Å². The first-order valence-corrected chi connectivity index (χ1v) is 2.90. The van der Waals surface area contributed by atoms with Crippen molar-refractivity contribution in [3.05, 3.63) is 5.21 Å². The van der Waals surface area contributed by atoms with E-state index in [1.807, 2.05) is 0 Å². The van der Waals surface area contributed by atoms with Gasteiger partial charge in [-0.2, -0.15) is 0 Å². The van der Waals surface area contributed by atoms with Crippen molar-refractivity contribution in [2.45, 2.75) is 0 Å². The maximum atomic E-state index is 10.9. The number of nitrogens with one attached hydrogen (secondary N) is 1. The highest BCUT2D eigenvalue weighted by Crippen LogP contribution is 1.93. The van der Waals surface area contributed by atoms with Crippen LogP contribution in [-0.4, -0.2) is 43.1 Å². The zero-order valence-electron chi connectivity index (χ0n) is 6.77. The van der Waals surface area contributed by atoms with Gasteiger partial charge in [-0.15, -0.1) is 0 Å².